The van der Waals surface area contributed by atoms with Gasteiger partial charge in [-0.25, -0.2) is 13.7 Å². The van der Waals surface area contributed by atoms with Crippen LogP contribution in [0.2, 0.25) is 0 Å². The molecule has 2 N–H and O–H groups in total. The first-order valence-electron chi connectivity index (χ1n) is 18.3. The minimum Gasteiger partial charge on any atom is -0.315 e. The summed E-state index contributed by atoms with van der Waals surface area (Å²) in [7, 11) is 0.324. The molecule has 5 nitrogen and oxygen atoms in total. The van der Waals surface area contributed by atoms with Crippen LogP contribution in [-0.2, 0) is 28.6 Å². The molecular formula is C43H66FN3O2S. The van der Waals surface area contributed by atoms with Crippen molar-refractivity contribution in [2.45, 2.75) is 132 Å². The average Bonchev–Trinajstić information content (AvgIpc) is 3.39. The molecule has 2 aromatic carbocycles. The Morgan fingerprint density at radius 1 is 0.980 bits per heavy atom. The molecule has 7 heteroatoms. The van der Waals surface area contributed by atoms with E-state index in [0.717, 1.165) is 30.3 Å². The lowest BCUT2D eigenvalue weighted by Crippen LogP contribution is -2.28. The number of hydrogen-bond acceptors (Lipinski definition) is 3. The molecule has 0 saturated heterocycles. The van der Waals surface area contributed by atoms with Crippen LogP contribution in [0, 0.1) is 11.7 Å². The number of fused-ring (bicyclic) bond motifs is 1. The minimum atomic E-state index is -1.58. The smallest absolute Gasteiger partial charge is 0.227 e. The molecule has 278 valence electrons. The van der Waals surface area contributed by atoms with E-state index in [0.29, 0.717) is 17.4 Å². The lowest BCUT2D eigenvalue weighted by atomic mass is 9.91. The summed E-state index contributed by atoms with van der Waals surface area (Å²) >= 11 is 0. The van der Waals surface area contributed by atoms with Gasteiger partial charge in [-0.1, -0.05) is 94.4 Å². The van der Waals surface area contributed by atoms with E-state index in [1.54, 1.807) is 0 Å². The van der Waals surface area contributed by atoms with Gasteiger partial charge in [-0.15, -0.1) is 0 Å². The Kier molecular flexibility index (Phi) is 25.5. The first-order valence-corrected chi connectivity index (χ1v) is 19.5. The fraction of sp³-hybridized carbons (Fsp3) is 0.488. The molecule has 1 amide bonds. The lowest BCUT2D eigenvalue weighted by Gasteiger charge is -2.23. The van der Waals surface area contributed by atoms with Gasteiger partial charge in [0.1, 0.15) is 16.8 Å². The maximum absolute atomic E-state index is 12.7. The van der Waals surface area contributed by atoms with Crippen LogP contribution in [-0.4, -0.2) is 28.9 Å². The van der Waals surface area contributed by atoms with Gasteiger partial charge in [0, 0.05) is 30.9 Å². The summed E-state index contributed by atoms with van der Waals surface area (Å²) in [5, 5.41) is 4.99. The normalized spacial score (nSPS) is 14.2. The first-order chi connectivity index (χ1) is 23.8. The summed E-state index contributed by atoms with van der Waals surface area (Å²) in [5.74, 6) is 0.0395. The van der Waals surface area contributed by atoms with Crippen molar-refractivity contribution in [1.82, 2.24) is 0 Å². The van der Waals surface area contributed by atoms with E-state index < -0.39 is 16.8 Å². The number of anilines is 1. The number of amides is 1. The molecule has 1 unspecified atom stereocenters. The Labute approximate surface area is 307 Å². The number of aliphatic imine (C=N–C) groups is 1. The quantitative estimate of drug-likeness (QED) is 0.219. The largest absolute Gasteiger partial charge is 0.315 e. The highest BCUT2D eigenvalue weighted by Crippen LogP contribution is 2.27. The highest BCUT2D eigenvalue weighted by Gasteiger charge is 2.19. The second-order valence-electron chi connectivity index (χ2n) is 12.7. The zero-order chi connectivity index (χ0) is 38.1. The van der Waals surface area contributed by atoms with Crippen LogP contribution in [0.4, 0.5) is 10.1 Å². The van der Waals surface area contributed by atoms with Crippen molar-refractivity contribution in [1.29, 1.82) is 0 Å². The second kappa shape index (κ2) is 27.3. The second-order valence-corrected chi connectivity index (χ2v) is 13.8. The third-order valence-electron chi connectivity index (χ3n) is 7.88. The van der Waals surface area contributed by atoms with Crippen LogP contribution in [0.15, 0.2) is 100.0 Å². The number of carbonyl (C=O) groups excluding carboxylic acids is 1. The molecule has 50 heavy (non-hydrogen) atoms. The van der Waals surface area contributed by atoms with Crippen molar-refractivity contribution in [3.8, 4) is 0 Å². The number of allylic oxidation sites excluding steroid dienone is 8. The van der Waals surface area contributed by atoms with Crippen LogP contribution in [0.3, 0.4) is 0 Å². The summed E-state index contributed by atoms with van der Waals surface area (Å²) in [6, 6.07) is 12.4. The van der Waals surface area contributed by atoms with Gasteiger partial charge in [0.15, 0.2) is 0 Å². The molecule has 2 aliphatic rings. The number of hydrogen-bond donors (Lipinski definition) is 1. The summed E-state index contributed by atoms with van der Waals surface area (Å²) in [6.07, 6.45) is 21.5. The van der Waals surface area contributed by atoms with Crippen LogP contribution in [0.1, 0.15) is 119 Å². The van der Waals surface area contributed by atoms with Crippen molar-refractivity contribution < 1.29 is 13.4 Å². The van der Waals surface area contributed by atoms with Gasteiger partial charge in [-0.05, 0) is 127 Å². The zero-order valence-corrected chi connectivity index (χ0v) is 33.7. The molecule has 0 saturated carbocycles. The van der Waals surface area contributed by atoms with E-state index in [2.05, 4.69) is 95.1 Å². The van der Waals surface area contributed by atoms with Crippen LogP contribution >= 0.6 is 0 Å². The molecule has 2 aliphatic carbocycles. The Bertz CT molecular complexity index is 1450. The molecule has 4 rings (SSSR count). The topological polar surface area (TPSA) is 75.8 Å². The predicted octanol–water partition coefficient (Wildman–Crippen LogP) is 11.5. The van der Waals surface area contributed by atoms with E-state index in [1.165, 1.54) is 72.6 Å². The number of carbonyl (C=O) groups is 1. The van der Waals surface area contributed by atoms with Gasteiger partial charge in [-0.3, -0.25) is 9.79 Å². The maximum atomic E-state index is 12.7. The third-order valence-corrected chi connectivity index (χ3v) is 8.60. The molecule has 2 aromatic rings. The van der Waals surface area contributed by atoms with E-state index in [-0.39, 0.29) is 11.8 Å². The summed E-state index contributed by atoms with van der Waals surface area (Å²) in [4.78, 5) is 19.0. The molecule has 0 aliphatic heterocycles. The van der Waals surface area contributed by atoms with Crippen LogP contribution < -0.4 is 10.0 Å². The predicted molar refractivity (Wildman–Crippen MR) is 218 cm³/mol. The Hall–Kier alpha value is -3.42. The number of nitrogens with zero attached hydrogens (tertiary/aromatic N) is 2. The summed E-state index contributed by atoms with van der Waals surface area (Å²) in [6.45, 7) is 20.8. The fourth-order valence-corrected chi connectivity index (χ4v) is 5.60. The van der Waals surface area contributed by atoms with Gasteiger partial charge in [0.2, 0.25) is 5.91 Å². The van der Waals surface area contributed by atoms with Gasteiger partial charge < -0.3 is 4.90 Å². The molecular weight excluding hydrogens is 642 g/mol. The average molecular weight is 708 g/mol. The first kappa shape index (κ1) is 46.6. The van der Waals surface area contributed by atoms with Gasteiger partial charge in [-0.2, -0.15) is 0 Å². The SMILES string of the molecule is CC.CC(C)=NC(C)C.CC/C=C(\C)CC.C[C@@H](CC(=O)N(C)c1ccc2c(c1)CCCC2)C1=CC=CC=CC1.NS(=O)c1cccc(F)c1. The van der Waals surface area contributed by atoms with E-state index >= 15 is 0 Å². The zero-order valence-electron chi connectivity index (χ0n) is 32.9. The van der Waals surface area contributed by atoms with Gasteiger partial charge in [0.05, 0.1) is 4.90 Å². The van der Waals surface area contributed by atoms with Crippen LogP contribution in [0.5, 0.6) is 0 Å². The van der Waals surface area contributed by atoms with Crippen molar-refractivity contribution >= 4 is 28.3 Å². The number of aryl methyl sites for hydroxylation is 2. The van der Waals surface area contributed by atoms with E-state index in [9.17, 15) is 13.4 Å². The Balaban J connectivity index is 0.000000759. The van der Waals surface area contributed by atoms with E-state index in [4.69, 9.17) is 5.14 Å². The monoisotopic (exact) mass is 707 g/mol. The number of rotatable bonds is 8. The van der Waals surface area contributed by atoms with E-state index in [1.807, 2.05) is 45.7 Å². The number of benzene rings is 2. The standard InChI is InChI=1S/C22H27NO.C7H14.C6H6FNOS.C6H13N.C2H6/c1-17(18-9-5-3-4-6-10-18)15-22(24)23(2)21-14-13-19-11-7-8-12-20(19)16-21;1-4-6-7(3)5-2;7-5-2-1-3-6(4-5)10(8)9;1-5(2)7-6(3)4;1-2/h3-6,9,13-14,16-17H,7-8,10-12,15H2,1-2H3;6H,4-5H2,1-3H3;1-4H,8H2;5H,1-4H3;1-2H3/b;7-6+;;;/t17-;;;;/m0..../s1. The van der Waals surface area contributed by atoms with Gasteiger partial charge >= 0.3 is 0 Å². The highest BCUT2D eigenvalue weighted by molar-refractivity contribution is 7.82. The number of nitrogens with two attached hydrogens (primary N) is 1. The summed E-state index contributed by atoms with van der Waals surface area (Å²) in [5.41, 5.74) is 7.90. The maximum Gasteiger partial charge on any atom is 0.227 e. The molecule has 0 spiro atoms. The van der Waals surface area contributed by atoms with Crippen molar-refractivity contribution in [3.63, 3.8) is 0 Å². The minimum absolute atomic E-state index is 0.191. The van der Waals surface area contributed by atoms with Crippen molar-refractivity contribution in [3.05, 3.63) is 107 Å². The van der Waals surface area contributed by atoms with Crippen molar-refractivity contribution in [2.24, 2.45) is 16.0 Å². The Morgan fingerprint density at radius 3 is 2.14 bits per heavy atom. The van der Waals surface area contributed by atoms with Crippen molar-refractivity contribution in [2.75, 3.05) is 11.9 Å². The highest BCUT2D eigenvalue weighted by atomic mass is 32.2. The lowest BCUT2D eigenvalue weighted by molar-refractivity contribution is -0.118. The molecule has 0 heterocycles. The third kappa shape index (κ3) is 20.3. The molecule has 0 bridgehead atoms. The van der Waals surface area contributed by atoms with Gasteiger partial charge in [0.25, 0.3) is 0 Å². The summed E-state index contributed by atoms with van der Waals surface area (Å²) < 4.78 is 22.9. The molecule has 2 atom stereocenters. The number of halogens is 1. The fourth-order valence-electron chi connectivity index (χ4n) is 5.16. The molecule has 0 aromatic heterocycles. The molecule has 0 fully saturated rings. The molecule has 0 radical (unpaired) electrons. The Morgan fingerprint density at radius 2 is 1.64 bits per heavy atom. The van der Waals surface area contributed by atoms with Crippen LogP contribution in [0.25, 0.3) is 0 Å².